The van der Waals surface area contributed by atoms with Crippen molar-refractivity contribution < 1.29 is 14.3 Å². The minimum absolute atomic E-state index is 0.270. The molecule has 0 N–H and O–H groups in total. The average Bonchev–Trinajstić information content (AvgIpc) is 2.38. The molecule has 1 atom stereocenters. The lowest BCUT2D eigenvalue weighted by Gasteiger charge is -2.24. The van der Waals surface area contributed by atoms with Gasteiger partial charge in [-0.1, -0.05) is 17.7 Å². The van der Waals surface area contributed by atoms with Crippen molar-refractivity contribution in [1.29, 1.82) is 0 Å². The fraction of sp³-hybridized carbons (Fsp3) is 0.250. The summed E-state index contributed by atoms with van der Waals surface area (Å²) >= 11 is 5.90. The molecule has 0 aromatic heterocycles. The molecule has 0 bridgehead atoms. The molecule has 1 unspecified atom stereocenters. The molecule has 0 aliphatic carbocycles. The van der Waals surface area contributed by atoms with E-state index in [0.29, 0.717) is 10.7 Å². The number of hydrogen-bond donors (Lipinski definition) is 0. The topological polar surface area (TPSA) is 60.2 Å². The van der Waals surface area contributed by atoms with Crippen LogP contribution in [-0.2, 0) is 20.9 Å². The zero-order valence-electron chi connectivity index (χ0n) is 9.72. The Labute approximate surface area is 109 Å². The Hall–Kier alpha value is -1.72. The number of carbonyl (C=O) groups is 1. The first-order valence-electron chi connectivity index (χ1n) is 5.19. The van der Waals surface area contributed by atoms with Crippen LogP contribution in [-0.4, -0.2) is 31.6 Å². The summed E-state index contributed by atoms with van der Waals surface area (Å²) in [6, 6.07) is 5.27. The zero-order chi connectivity index (χ0) is 13.1. The van der Waals surface area contributed by atoms with Crippen LogP contribution < -0.4 is 0 Å². The van der Waals surface area contributed by atoms with E-state index in [1.54, 1.807) is 18.2 Å². The van der Waals surface area contributed by atoms with Crippen LogP contribution in [0.15, 0.2) is 28.4 Å². The molecule has 0 saturated heterocycles. The van der Waals surface area contributed by atoms with Gasteiger partial charge in [-0.05, 0) is 17.7 Å². The summed E-state index contributed by atoms with van der Waals surface area (Å²) in [6.45, 7) is 3.56. The van der Waals surface area contributed by atoms with Crippen LogP contribution in [0, 0.1) is 0 Å². The first-order chi connectivity index (χ1) is 8.67. The van der Waals surface area contributed by atoms with Gasteiger partial charge in [0.05, 0.1) is 13.7 Å². The first kappa shape index (κ1) is 12.7. The Morgan fingerprint density at radius 1 is 1.61 bits per heavy atom. The lowest BCUT2D eigenvalue weighted by Crippen LogP contribution is -2.38. The molecule has 2 rings (SSSR count). The molecule has 5 nitrogen and oxygen atoms in total. The standard InChI is InChI=1S/C12H11ClN2O3/c1-14-15-10-9-4-3-8(13)5-7(9)6-18-11(10)12(16)17-2/h3-5,11H,1,6H2,2H3/b15-10-. The Bertz CT molecular complexity index is 528. The molecular formula is C12H11ClN2O3. The van der Waals surface area contributed by atoms with Crippen LogP contribution in [0.2, 0.25) is 5.02 Å². The van der Waals surface area contributed by atoms with Crippen LogP contribution in [0.5, 0.6) is 0 Å². The van der Waals surface area contributed by atoms with Crippen molar-refractivity contribution >= 4 is 30.0 Å². The van der Waals surface area contributed by atoms with Gasteiger partial charge >= 0.3 is 5.97 Å². The van der Waals surface area contributed by atoms with E-state index in [9.17, 15) is 4.79 Å². The lowest BCUT2D eigenvalue weighted by atomic mass is 9.97. The monoisotopic (exact) mass is 266 g/mol. The summed E-state index contributed by atoms with van der Waals surface area (Å²) in [5.74, 6) is -0.516. The largest absolute Gasteiger partial charge is 0.467 e. The van der Waals surface area contributed by atoms with Gasteiger partial charge in [-0.25, -0.2) is 4.79 Å². The number of methoxy groups -OCH3 is 1. The van der Waals surface area contributed by atoms with Gasteiger partial charge in [-0.3, -0.25) is 0 Å². The van der Waals surface area contributed by atoms with Crippen molar-refractivity contribution in [3.8, 4) is 0 Å². The van der Waals surface area contributed by atoms with Crippen LogP contribution >= 0.6 is 11.6 Å². The third-order valence-corrected chi connectivity index (χ3v) is 2.83. The summed E-state index contributed by atoms with van der Waals surface area (Å²) in [4.78, 5) is 11.6. The van der Waals surface area contributed by atoms with Crippen molar-refractivity contribution in [2.75, 3.05) is 7.11 Å². The molecule has 1 aliphatic heterocycles. The highest BCUT2D eigenvalue weighted by Gasteiger charge is 2.33. The van der Waals surface area contributed by atoms with E-state index in [0.717, 1.165) is 11.1 Å². The van der Waals surface area contributed by atoms with Gasteiger partial charge in [0.25, 0.3) is 0 Å². The lowest BCUT2D eigenvalue weighted by molar-refractivity contribution is -0.150. The third kappa shape index (κ3) is 2.27. The van der Waals surface area contributed by atoms with Gasteiger partial charge in [0.1, 0.15) is 5.71 Å². The molecule has 0 saturated carbocycles. The Kier molecular flexibility index (Phi) is 3.74. The minimum atomic E-state index is -0.880. The van der Waals surface area contributed by atoms with Gasteiger partial charge in [-0.15, -0.1) is 0 Å². The predicted octanol–water partition coefficient (Wildman–Crippen LogP) is 1.82. The number of rotatable bonds is 2. The second-order valence-electron chi connectivity index (χ2n) is 3.64. The maximum atomic E-state index is 11.6. The number of hydrogen-bond acceptors (Lipinski definition) is 5. The van der Waals surface area contributed by atoms with E-state index < -0.39 is 12.1 Å². The molecule has 1 heterocycles. The van der Waals surface area contributed by atoms with Crippen LogP contribution in [0.3, 0.4) is 0 Å². The molecule has 0 radical (unpaired) electrons. The summed E-state index contributed by atoms with van der Waals surface area (Å²) in [6.07, 6.45) is -0.880. The van der Waals surface area contributed by atoms with Gasteiger partial charge < -0.3 is 9.47 Å². The third-order valence-electron chi connectivity index (χ3n) is 2.59. The van der Waals surface area contributed by atoms with Gasteiger partial charge in [0.2, 0.25) is 0 Å². The molecular weight excluding hydrogens is 256 g/mol. The molecule has 0 amide bonds. The maximum Gasteiger partial charge on any atom is 0.341 e. The maximum absolute atomic E-state index is 11.6. The second kappa shape index (κ2) is 5.29. The van der Waals surface area contributed by atoms with Crippen LogP contribution in [0.4, 0.5) is 0 Å². The SMILES string of the molecule is C=N/N=C1/c2ccc(Cl)cc2COC1C(=O)OC. The van der Waals surface area contributed by atoms with Crippen molar-refractivity contribution in [1.82, 2.24) is 0 Å². The number of fused-ring (bicyclic) bond motifs is 1. The Morgan fingerprint density at radius 2 is 2.39 bits per heavy atom. The van der Waals surface area contributed by atoms with Gasteiger partial charge in [0.15, 0.2) is 6.10 Å². The number of ether oxygens (including phenoxy) is 2. The second-order valence-corrected chi connectivity index (χ2v) is 4.08. The summed E-state index contributed by atoms with van der Waals surface area (Å²) in [5, 5.41) is 7.93. The molecule has 94 valence electrons. The molecule has 1 aliphatic rings. The van der Waals surface area contributed by atoms with E-state index in [1.807, 2.05) is 0 Å². The van der Waals surface area contributed by atoms with Crippen LogP contribution in [0.1, 0.15) is 11.1 Å². The summed E-state index contributed by atoms with van der Waals surface area (Å²) in [5.41, 5.74) is 2.01. The smallest absolute Gasteiger partial charge is 0.341 e. The fourth-order valence-corrected chi connectivity index (χ4v) is 1.99. The minimum Gasteiger partial charge on any atom is -0.467 e. The highest BCUT2D eigenvalue weighted by Crippen LogP contribution is 2.25. The summed E-state index contributed by atoms with van der Waals surface area (Å²) in [7, 11) is 1.29. The highest BCUT2D eigenvalue weighted by atomic mass is 35.5. The van der Waals surface area contributed by atoms with E-state index >= 15 is 0 Å². The number of esters is 1. The zero-order valence-corrected chi connectivity index (χ0v) is 10.5. The van der Waals surface area contributed by atoms with Gasteiger partial charge in [0, 0.05) is 17.3 Å². The quantitative estimate of drug-likeness (QED) is 0.466. The van der Waals surface area contributed by atoms with E-state index in [2.05, 4.69) is 21.7 Å². The summed E-state index contributed by atoms with van der Waals surface area (Å²) < 4.78 is 10.1. The molecule has 0 spiro atoms. The highest BCUT2D eigenvalue weighted by molar-refractivity contribution is 6.31. The van der Waals surface area contributed by atoms with E-state index in [4.69, 9.17) is 16.3 Å². The van der Waals surface area contributed by atoms with Crippen molar-refractivity contribution in [3.05, 3.63) is 34.3 Å². The van der Waals surface area contributed by atoms with Crippen molar-refractivity contribution in [3.63, 3.8) is 0 Å². The normalized spacial score (nSPS) is 20.3. The van der Waals surface area contributed by atoms with Crippen molar-refractivity contribution in [2.45, 2.75) is 12.7 Å². The average molecular weight is 267 g/mol. The first-order valence-corrected chi connectivity index (χ1v) is 5.57. The molecule has 18 heavy (non-hydrogen) atoms. The predicted molar refractivity (Wildman–Crippen MR) is 68.1 cm³/mol. The molecule has 1 aromatic carbocycles. The Morgan fingerprint density at radius 3 is 3.06 bits per heavy atom. The molecule has 1 aromatic rings. The van der Waals surface area contributed by atoms with E-state index in [1.165, 1.54) is 7.11 Å². The number of benzene rings is 1. The molecule has 0 fully saturated rings. The van der Waals surface area contributed by atoms with Crippen molar-refractivity contribution in [2.24, 2.45) is 10.2 Å². The van der Waals surface area contributed by atoms with Crippen LogP contribution in [0.25, 0.3) is 0 Å². The van der Waals surface area contributed by atoms with E-state index in [-0.39, 0.29) is 6.61 Å². The fourth-order valence-electron chi connectivity index (χ4n) is 1.79. The number of nitrogens with zero attached hydrogens (tertiary/aromatic N) is 2. The molecule has 6 heteroatoms. The number of carbonyl (C=O) groups excluding carboxylic acids is 1. The van der Waals surface area contributed by atoms with Gasteiger partial charge in [-0.2, -0.15) is 10.2 Å². The number of halogens is 1. The Balaban J connectivity index is 2.49.